The Hall–Kier alpha value is 0.446. The van der Waals surface area contributed by atoms with Crippen molar-refractivity contribution in [3.8, 4) is 5.75 Å². The minimum atomic E-state index is -4.33. The van der Waals surface area contributed by atoms with E-state index in [0.29, 0.717) is 5.75 Å². The van der Waals surface area contributed by atoms with Crippen LogP contribution in [-0.4, -0.2) is 72.3 Å². The molecule has 0 saturated heterocycles. The van der Waals surface area contributed by atoms with Gasteiger partial charge in [-0.25, -0.2) is 8.42 Å². The molecule has 0 fully saturated rings. The van der Waals surface area contributed by atoms with Crippen molar-refractivity contribution >= 4 is 10.1 Å². The molecule has 0 aliphatic carbocycles. The predicted molar refractivity (Wildman–Crippen MR) is 80.6 cm³/mol. The molecule has 0 amide bonds. The molecular formula is C14H22KNO6S. The molecule has 0 aliphatic rings. The Kier molecular flexibility index (Phi) is 12.1. The second-order valence-electron chi connectivity index (χ2n) is 5.15. The number of hydrogen-bond donors (Lipinski definition) is 2. The van der Waals surface area contributed by atoms with Gasteiger partial charge in [0.05, 0.1) is 22.0 Å². The first-order chi connectivity index (χ1) is 10.3. The van der Waals surface area contributed by atoms with Crippen molar-refractivity contribution in [1.29, 1.82) is 0 Å². The zero-order valence-electron chi connectivity index (χ0n) is 13.5. The first-order valence-corrected chi connectivity index (χ1v) is 8.54. The van der Waals surface area contributed by atoms with Crippen molar-refractivity contribution in [2.24, 2.45) is 0 Å². The fraction of sp³-hybridized carbons (Fsp3) is 0.571. The van der Waals surface area contributed by atoms with Crippen molar-refractivity contribution in [2.75, 3.05) is 32.0 Å². The van der Waals surface area contributed by atoms with Crippen LogP contribution in [0.15, 0.2) is 30.3 Å². The monoisotopic (exact) mass is 371 g/mol. The zero-order valence-corrected chi connectivity index (χ0v) is 17.4. The third-order valence-corrected chi connectivity index (χ3v) is 3.52. The van der Waals surface area contributed by atoms with Gasteiger partial charge in [-0.1, -0.05) is 18.2 Å². The van der Waals surface area contributed by atoms with Gasteiger partial charge in [-0.3, -0.25) is 4.90 Å². The van der Waals surface area contributed by atoms with Crippen LogP contribution in [0.3, 0.4) is 0 Å². The fourth-order valence-electron chi connectivity index (χ4n) is 1.93. The Morgan fingerprint density at radius 1 is 1.22 bits per heavy atom. The maximum Gasteiger partial charge on any atom is 1.00 e. The molecule has 1 aromatic rings. The van der Waals surface area contributed by atoms with E-state index >= 15 is 0 Å². The maximum absolute atomic E-state index is 10.7. The second-order valence-corrected chi connectivity index (χ2v) is 6.67. The van der Waals surface area contributed by atoms with Crippen molar-refractivity contribution in [3.63, 3.8) is 0 Å². The first kappa shape index (κ1) is 23.4. The Morgan fingerprint density at radius 2 is 1.83 bits per heavy atom. The van der Waals surface area contributed by atoms with E-state index < -0.39 is 28.1 Å². The number of aliphatic hydroxyl groups is 2. The van der Waals surface area contributed by atoms with Crippen molar-refractivity contribution in [2.45, 2.75) is 19.1 Å². The van der Waals surface area contributed by atoms with Crippen molar-refractivity contribution in [1.82, 2.24) is 4.90 Å². The van der Waals surface area contributed by atoms with Crippen LogP contribution in [-0.2, 0) is 10.1 Å². The van der Waals surface area contributed by atoms with E-state index in [-0.39, 0.29) is 77.6 Å². The minimum absolute atomic E-state index is 0. The van der Waals surface area contributed by atoms with Gasteiger partial charge < -0.3 is 19.5 Å². The molecule has 2 unspecified atom stereocenters. The summed E-state index contributed by atoms with van der Waals surface area (Å²) in [5, 5.41) is 19.3. The van der Waals surface area contributed by atoms with Crippen LogP contribution >= 0.6 is 0 Å². The number of aliphatic hydroxyl groups excluding tert-OH is 2. The van der Waals surface area contributed by atoms with Gasteiger partial charge in [0.15, 0.2) is 0 Å². The minimum Gasteiger partial charge on any atom is -0.748 e. The van der Waals surface area contributed by atoms with E-state index in [2.05, 4.69) is 0 Å². The molecular weight excluding hydrogens is 349 g/mol. The summed E-state index contributed by atoms with van der Waals surface area (Å²) in [6.45, 7) is 1.81. The quantitative estimate of drug-likeness (QED) is 0.327. The molecule has 9 heteroatoms. The smallest absolute Gasteiger partial charge is 0.748 e. The van der Waals surface area contributed by atoms with E-state index in [1.807, 2.05) is 6.07 Å². The van der Waals surface area contributed by atoms with Crippen LogP contribution in [0.5, 0.6) is 5.75 Å². The predicted octanol–water partition coefficient (Wildman–Crippen LogP) is -3.34. The van der Waals surface area contributed by atoms with Crippen molar-refractivity contribution in [3.05, 3.63) is 30.3 Å². The molecule has 23 heavy (non-hydrogen) atoms. The van der Waals surface area contributed by atoms with Gasteiger partial charge in [0.2, 0.25) is 0 Å². The number of para-hydroxylation sites is 1. The molecule has 7 nitrogen and oxygen atoms in total. The van der Waals surface area contributed by atoms with E-state index in [1.165, 1.54) is 4.90 Å². The largest absolute Gasteiger partial charge is 1.00 e. The molecule has 0 aliphatic heterocycles. The summed E-state index contributed by atoms with van der Waals surface area (Å²) in [6, 6.07) is 8.97. The second kappa shape index (κ2) is 11.9. The molecule has 0 spiro atoms. The van der Waals surface area contributed by atoms with E-state index in [1.54, 1.807) is 31.2 Å². The summed E-state index contributed by atoms with van der Waals surface area (Å²) in [6.07, 6.45) is -1.56. The van der Waals surface area contributed by atoms with Gasteiger partial charge in [0.25, 0.3) is 0 Å². The van der Waals surface area contributed by atoms with Crippen LogP contribution in [0.2, 0.25) is 0 Å². The van der Waals surface area contributed by atoms with Gasteiger partial charge >= 0.3 is 51.4 Å². The van der Waals surface area contributed by atoms with Gasteiger partial charge in [-0.05, 0) is 19.1 Å². The Morgan fingerprint density at radius 3 is 2.35 bits per heavy atom. The van der Waals surface area contributed by atoms with E-state index in [9.17, 15) is 23.2 Å². The SMILES string of the molecule is CC(O)CN(CCS(=O)(=O)[O-])CC(O)COc1ccccc1.[K+]. The van der Waals surface area contributed by atoms with Crippen LogP contribution in [0.1, 0.15) is 6.92 Å². The number of rotatable bonds is 10. The molecule has 0 radical (unpaired) electrons. The number of hydrogen-bond acceptors (Lipinski definition) is 7. The third kappa shape index (κ3) is 12.5. The molecule has 0 aromatic heterocycles. The van der Waals surface area contributed by atoms with Gasteiger partial charge in [-0.15, -0.1) is 0 Å². The number of ether oxygens (including phenoxy) is 1. The summed E-state index contributed by atoms with van der Waals surface area (Å²) < 4.78 is 37.5. The molecule has 0 heterocycles. The molecule has 126 valence electrons. The fourth-order valence-corrected chi connectivity index (χ4v) is 2.41. The Labute approximate surface area is 179 Å². The zero-order chi connectivity index (χ0) is 16.6. The first-order valence-electron chi connectivity index (χ1n) is 6.96. The van der Waals surface area contributed by atoms with Gasteiger partial charge in [0.1, 0.15) is 18.5 Å². The summed E-state index contributed by atoms with van der Waals surface area (Å²) in [7, 11) is -4.33. The molecule has 1 rings (SSSR count). The topological polar surface area (TPSA) is 110 Å². The van der Waals surface area contributed by atoms with Gasteiger partial charge in [-0.2, -0.15) is 0 Å². The summed E-state index contributed by atoms with van der Waals surface area (Å²) in [5.74, 6) is 0.0529. The van der Waals surface area contributed by atoms with Gasteiger partial charge in [0, 0.05) is 19.6 Å². The molecule has 0 saturated carbocycles. The molecule has 0 bridgehead atoms. The summed E-state index contributed by atoms with van der Waals surface area (Å²) >= 11 is 0. The summed E-state index contributed by atoms with van der Waals surface area (Å²) in [5.41, 5.74) is 0. The van der Waals surface area contributed by atoms with Crippen LogP contribution in [0, 0.1) is 0 Å². The maximum atomic E-state index is 10.7. The third-order valence-electron chi connectivity index (χ3n) is 2.83. The number of benzene rings is 1. The Bertz CT molecular complexity index is 525. The standard InChI is InChI=1S/C14H23NO6S.K/c1-12(16)9-15(7-8-22(18,19)20)10-13(17)11-21-14-5-3-2-4-6-14;/h2-6,12-13,16-17H,7-11H2,1H3,(H,18,19,20);/q;+1/p-1. The number of nitrogens with zero attached hydrogens (tertiary/aromatic N) is 1. The van der Waals surface area contributed by atoms with Crippen LogP contribution in [0.25, 0.3) is 0 Å². The average Bonchev–Trinajstić information content (AvgIpc) is 2.42. The normalized spacial score (nSPS) is 14.1. The molecule has 2 atom stereocenters. The average molecular weight is 371 g/mol. The van der Waals surface area contributed by atoms with E-state index in [4.69, 9.17) is 4.74 Å². The van der Waals surface area contributed by atoms with Crippen molar-refractivity contribution < 1.29 is 79.3 Å². The summed E-state index contributed by atoms with van der Waals surface area (Å²) in [4.78, 5) is 1.53. The van der Waals surface area contributed by atoms with Crippen LogP contribution < -0.4 is 56.1 Å². The van der Waals surface area contributed by atoms with E-state index in [0.717, 1.165) is 0 Å². The Balaban J connectivity index is 0.00000484. The van der Waals surface area contributed by atoms with Crippen LogP contribution in [0.4, 0.5) is 0 Å². The molecule has 1 aromatic carbocycles. The molecule has 2 N–H and O–H groups in total.